The van der Waals surface area contributed by atoms with Gasteiger partial charge >= 0.3 is 0 Å². The SMILES string of the molecule is CCOc1ccc2nc(S[C@@H]3C(=O)[C@@H]4CC[C@]3(C)C4(C)C)[nH]c2c1. The Morgan fingerprint density at radius 1 is 1.38 bits per heavy atom. The van der Waals surface area contributed by atoms with Gasteiger partial charge in [-0.2, -0.15) is 0 Å². The molecule has 128 valence electrons. The van der Waals surface area contributed by atoms with E-state index in [-0.39, 0.29) is 22.0 Å². The van der Waals surface area contributed by atoms with Crippen LogP contribution >= 0.6 is 11.8 Å². The number of hydrogen-bond acceptors (Lipinski definition) is 4. The largest absolute Gasteiger partial charge is 0.494 e. The molecule has 0 radical (unpaired) electrons. The van der Waals surface area contributed by atoms with Crippen molar-refractivity contribution in [2.75, 3.05) is 6.61 Å². The number of ether oxygens (including phenoxy) is 1. The minimum atomic E-state index is -0.00169. The first-order valence-corrected chi connectivity index (χ1v) is 9.58. The van der Waals surface area contributed by atoms with Crippen LogP contribution in [0.4, 0.5) is 0 Å². The van der Waals surface area contributed by atoms with Gasteiger partial charge in [0, 0.05) is 12.0 Å². The van der Waals surface area contributed by atoms with Crippen molar-refractivity contribution in [1.29, 1.82) is 0 Å². The third kappa shape index (κ3) is 2.06. The topological polar surface area (TPSA) is 55.0 Å². The molecule has 4 nitrogen and oxygen atoms in total. The zero-order valence-electron chi connectivity index (χ0n) is 14.7. The lowest BCUT2D eigenvalue weighted by Gasteiger charge is -2.37. The van der Waals surface area contributed by atoms with Gasteiger partial charge in [-0.1, -0.05) is 32.5 Å². The third-order valence-electron chi connectivity index (χ3n) is 6.45. The second-order valence-electron chi connectivity index (χ2n) is 7.78. The molecular formula is C19H24N2O2S. The summed E-state index contributed by atoms with van der Waals surface area (Å²) in [5, 5.41) is 0.833. The van der Waals surface area contributed by atoms with Crippen LogP contribution in [0.3, 0.4) is 0 Å². The maximum atomic E-state index is 12.9. The number of carbonyl (C=O) groups excluding carboxylic acids is 1. The molecule has 0 amide bonds. The van der Waals surface area contributed by atoms with Crippen LogP contribution in [0, 0.1) is 16.7 Å². The number of Topliss-reactive ketones (excluding diaryl/α,β-unsaturated/α-hetero) is 1. The van der Waals surface area contributed by atoms with Gasteiger partial charge in [-0.3, -0.25) is 4.79 Å². The number of hydrogen-bond donors (Lipinski definition) is 1. The Kier molecular flexibility index (Phi) is 3.50. The maximum absolute atomic E-state index is 12.9. The number of ketones is 1. The summed E-state index contributed by atoms with van der Waals surface area (Å²) in [4.78, 5) is 20.9. The molecule has 0 unspecified atom stereocenters. The number of H-pyrrole nitrogens is 1. The van der Waals surface area contributed by atoms with Crippen molar-refractivity contribution in [3.05, 3.63) is 18.2 Å². The van der Waals surface area contributed by atoms with Gasteiger partial charge in [-0.05, 0) is 42.7 Å². The molecule has 1 N–H and O–H groups in total. The fraction of sp³-hybridized carbons (Fsp3) is 0.579. The molecule has 4 rings (SSSR count). The summed E-state index contributed by atoms with van der Waals surface area (Å²) in [6.45, 7) is 9.42. The maximum Gasteiger partial charge on any atom is 0.167 e. The van der Waals surface area contributed by atoms with Crippen molar-refractivity contribution in [2.24, 2.45) is 16.7 Å². The van der Waals surface area contributed by atoms with E-state index in [2.05, 4.69) is 30.7 Å². The number of rotatable bonds is 4. The molecule has 2 aliphatic rings. The smallest absolute Gasteiger partial charge is 0.167 e. The van der Waals surface area contributed by atoms with E-state index in [0.717, 1.165) is 34.8 Å². The second kappa shape index (κ2) is 5.25. The number of thioether (sulfide) groups is 1. The summed E-state index contributed by atoms with van der Waals surface area (Å²) < 4.78 is 5.55. The van der Waals surface area contributed by atoms with E-state index in [4.69, 9.17) is 4.74 Å². The van der Waals surface area contributed by atoms with Crippen molar-refractivity contribution in [1.82, 2.24) is 9.97 Å². The van der Waals surface area contributed by atoms with Crippen molar-refractivity contribution in [2.45, 2.75) is 50.9 Å². The van der Waals surface area contributed by atoms with Crippen LogP contribution < -0.4 is 4.74 Å². The predicted octanol–water partition coefficient (Wildman–Crippen LogP) is 4.45. The molecule has 1 aromatic carbocycles. The molecule has 1 aromatic heterocycles. The highest BCUT2D eigenvalue weighted by Crippen LogP contribution is 2.67. The van der Waals surface area contributed by atoms with Crippen LogP contribution in [0.5, 0.6) is 5.75 Å². The van der Waals surface area contributed by atoms with E-state index < -0.39 is 0 Å². The number of nitrogens with one attached hydrogen (secondary N) is 1. The molecular weight excluding hydrogens is 320 g/mol. The van der Waals surface area contributed by atoms with Gasteiger partial charge in [-0.25, -0.2) is 4.98 Å². The van der Waals surface area contributed by atoms with E-state index in [1.54, 1.807) is 11.8 Å². The van der Waals surface area contributed by atoms with Crippen LogP contribution in [0.2, 0.25) is 0 Å². The van der Waals surface area contributed by atoms with Crippen LogP contribution in [0.15, 0.2) is 23.4 Å². The summed E-state index contributed by atoms with van der Waals surface area (Å²) in [5.74, 6) is 1.46. The first-order chi connectivity index (χ1) is 11.4. The number of aromatic nitrogens is 2. The summed E-state index contributed by atoms with van der Waals surface area (Å²) in [6.07, 6.45) is 2.17. The highest BCUT2D eigenvalue weighted by molar-refractivity contribution is 8.00. The number of carbonyl (C=O) groups is 1. The normalized spacial score (nSPS) is 31.1. The number of imidazole rings is 1. The summed E-state index contributed by atoms with van der Waals surface area (Å²) in [7, 11) is 0. The van der Waals surface area contributed by atoms with Gasteiger partial charge in [0.25, 0.3) is 0 Å². The van der Waals surface area contributed by atoms with Gasteiger partial charge in [0.1, 0.15) is 11.5 Å². The molecule has 24 heavy (non-hydrogen) atoms. The van der Waals surface area contributed by atoms with Gasteiger partial charge in [-0.15, -0.1) is 0 Å². The van der Waals surface area contributed by atoms with Gasteiger partial charge in [0.15, 0.2) is 5.16 Å². The standard InChI is InChI=1S/C19H24N2O2S/c1-5-23-11-6-7-13-14(10-11)21-17(20-13)24-16-15(22)12-8-9-19(16,4)18(12,2)3/h6-7,10,12,16H,5,8-9H2,1-4H3,(H,20,21)/t12-,16+,19-/m0/s1. The first-order valence-electron chi connectivity index (χ1n) is 8.70. The second-order valence-corrected chi connectivity index (χ2v) is 8.88. The first kappa shape index (κ1) is 16.0. The fourth-order valence-corrected chi connectivity index (χ4v) is 6.07. The predicted molar refractivity (Wildman–Crippen MR) is 96.5 cm³/mol. The van der Waals surface area contributed by atoms with Crippen molar-refractivity contribution in [3.8, 4) is 5.75 Å². The number of nitrogens with zero attached hydrogens (tertiary/aromatic N) is 1. The molecule has 0 saturated heterocycles. The fourth-order valence-electron chi connectivity index (χ4n) is 4.57. The average molecular weight is 344 g/mol. The molecule has 2 bridgehead atoms. The van der Waals surface area contributed by atoms with Gasteiger partial charge in [0.05, 0.1) is 22.9 Å². The number of benzene rings is 1. The van der Waals surface area contributed by atoms with Crippen LogP contribution in [0.1, 0.15) is 40.5 Å². The minimum absolute atomic E-state index is 0.00169. The molecule has 5 heteroatoms. The quantitative estimate of drug-likeness (QED) is 0.890. The van der Waals surface area contributed by atoms with Gasteiger partial charge in [0.2, 0.25) is 0 Å². The molecule has 2 fully saturated rings. The van der Waals surface area contributed by atoms with Crippen molar-refractivity contribution in [3.63, 3.8) is 0 Å². The zero-order chi connectivity index (χ0) is 17.1. The highest BCUT2D eigenvalue weighted by Gasteiger charge is 2.66. The minimum Gasteiger partial charge on any atom is -0.494 e. The molecule has 2 aliphatic carbocycles. The third-order valence-corrected chi connectivity index (χ3v) is 7.85. The van der Waals surface area contributed by atoms with Crippen LogP contribution in [-0.2, 0) is 4.79 Å². The number of fused-ring (bicyclic) bond motifs is 3. The summed E-state index contributed by atoms with van der Waals surface area (Å²) in [5.41, 5.74) is 2.01. The summed E-state index contributed by atoms with van der Waals surface area (Å²) in [6, 6.07) is 5.88. The Balaban J connectivity index is 1.64. The monoisotopic (exact) mass is 344 g/mol. The Hall–Kier alpha value is -1.49. The summed E-state index contributed by atoms with van der Waals surface area (Å²) >= 11 is 1.61. The van der Waals surface area contributed by atoms with Crippen LogP contribution in [-0.4, -0.2) is 27.6 Å². The van der Waals surface area contributed by atoms with Gasteiger partial charge < -0.3 is 9.72 Å². The molecule has 3 atom stereocenters. The lowest BCUT2D eigenvalue weighted by molar-refractivity contribution is -0.122. The van der Waals surface area contributed by atoms with E-state index in [1.165, 1.54) is 0 Å². The van der Waals surface area contributed by atoms with E-state index in [9.17, 15) is 4.79 Å². The molecule has 0 spiro atoms. The van der Waals surface area contributed by atoms with Crippen LogP contribution in [0.25, 0.3) is 11.0 Å². The zero-order valence-corrected chi connectivity index (χ0v) is 15.5. The lowest BCUT2D eigenvalue weighted by atomic mass is 9.71. The van der Waals surface area contributed by atoms with E-state index >= 15 is 0 Å². The van der Waals surface area contributed by atoms with Crippen molar-refractivity contribution < 1.29 is 9.53 Å². The molecule has 1 heterocycles. The van der Waals surface area contributed by atoms with E-state index in [1.807, 2.05) is 25.1 Å². The Bertz CT molecular complexity index is 813. The Labute approximate surface area is 146 Å². The molecule has 2 saturated carbocycles. The highest BCUT2D eigenvalue weighted by atomic mass is 32.2. The van der Waals surface area contributed by atoms with Crippen molar-refractivity contribution >= 4 is 28.6 Å². The Morgan fingerprint density at radius 3 is 2.83 bits per heavy atom. The molecule has 0 aliphatic heterocycles. The average Bonchev–Trinajstić information content (AvgIpc) is 3.06. The lowest BCUT2D eigenvalue weighted by Crippen LogP contribution is -2.35. The number of aromatic amines is 1. The Morgan fingerprint density at radius 2 is 2.17 bits per heavy atom. The van der Waals surface area contributed by atoms with E-state index in [0.29, 0.717) is 12.4 Å². The molecule has 2 aromatic rings.